The molecule has 0 saturated carbocycles. The lowest BCUT2D eigenvalue weighted by Crippen LogP contribution is -2.47. The molecule has 0 saturated heterocycles. The van der Waals surface area contributed by atoms with Crippen molar-refractivity contribution in [2.75, 3.05) is 6.54 Å². The molecule has 0 aliphatic carbocycles. The topological polar surface area (TPSA) is 49.4 Å². The predicted molar refractivity (Wildman–Crippen MR) is 109 cm³/mol. The lowest BCUT2D eigenvalue weighted by atomic mass is 10.0. The van der Waals surface area contributed by atoms with E-state index in [0.29, 0.717) is 19.4 Å². The van der Waals surface area contributed by atoms with Gasteiger partial charge in [-0.05, 0) is 55.5 Å². The maximum absolute atomic E-state index is 13.2. The van der Waals surface area contributed by atoms with Crippen molar-refractivity contribution < 1.29 is 14.0 Å². The highest BCUT2D eigenvalue weighted by atomic mass is 19.1. The first kappa shape index (κ1) is 21.6. The fourth-order valence-corrected chi connectivity index (χ4v) is 3.03. The van der Waals surface area contributed by atoms with Crippen LogP contribution in [-0.2, 0) is 29.0 Å². The van der Waals surface area contributed by atoms with Crippen molar-refractivity contribution in [1.82, 2.24) is 10.2 Å². The van der Waals surface area contributed by atoms with Crippen LogP contribution in [0.5, 0.6) is 0 Å². The van der Waals surface area contributed by atoms with Gasteiger partial charge in [0.1, 0.15) is 11.9 Å². The third kappa shape index (κ3) is 6.19. The molecular formula is C23H29FN2O2. The number of halogens is 1. The van der Waals surface area contributed by atoms with E-state index in [-0.39, 0.29) is 24.2 Å². The minimum atomic E-state index is -0.597. The van der Waals surface area contributed by atoms with Crippen molar-refractivity contribution in [2.24, 2.45) is 0 Å². The lowest BCUT2D eigenvalue weighted by Gasteiger charge is -2.28. The van der Waals surface area contributed by atoms with Crippen molar-refractivity contribution in [2.45, 2.75) is 52.6 Å². The molecule has 0 fully saturated rings. The number of hydrogen-bond donors (Lipinski definition) is 1. The van der Waals surface area contributed by atoms with E-state index in [9.17, 15) is 14.0 Å². The summed E-state index contributed by atoms with van der Waals surface area (Å²) < 4.78 is 13.2. The van der Waals surface area contributed by atoms with Crippen molar-refractivity contribution >= 4 is 11.8 Å². The summed E-state index contributed by atoms with van der Waals surface area (Å²) >= 11 is 0. The summed E-state index contributed by atoms with van der Waals surface area (Å²) in [6, 6.07) is 13.7. The average molecular weight is 384 g/mol. The van der Waals surface area contributed by atoms with E-state index in [1.54, 1.807) is 24.0 Å². The number of amides is 2. The molecular weight excluding hydrogens is 355 g/mol. The Morgan fingerprint density at radius 2 is 1.54 bits per heavy atom. The normalized spacial score (nSPS) is 11.7. The van der Waals surface area contributed by atoms with E-state index in [1.807, 2.05) is 19.1 Å². The molecule has 0 unspecified atom stereocenters. The molecule has 4 nitrogen and oxygen atoms in total. The van der Waals surface area contributed by atoms with Gasteiger partial charge >= 0.3 is 0 Å². The van der Waals surface area contributed by atoms with E-state index >= 15 is 0 Å². The van der Waals surface area contributed by atoms with Gasteiger partial charge in [-0.15, -0.1) is 0 Å². The molecule has 0 aliphatic heterocycles. The van der Waals surface area contributed by atoms with Gasteiger partial charge in [-0.1, -0.05) is 43.3 Å². The van der Waals surface area contributed by atoms with E-state index in [4.69, 9.17) is 0 Å². The number of carbonyl (C=O) groups excluding carboxylic acids is 2. The highest BCUT2D eigenvalue weighted by molar-refractivity contribution is 5.87. The summed E-state index contributed by atoms with van der Waals surface area (Å²) in [5.74, 6) is -0.609. The number of nitrogens with one attached hydrogen (secondary N) is 1. The molecule has 1 atom stereocenters. The molecule has 0 heterocycles. The predicted octanol–water partition coefficient (Wildman–Crippen LogP) is 3.87. The highest BCUT2D eigenvalue weighted by Crippen LogP contribution is 2.14. The molecule has 2 aromatic rings. The summed E-state index contributed by atoms with van der Waals surface area (Å²) in [7, 11) is 0. The second-order valence-electron chi connectivity index (χ2n) is 6.89. The maximum atomic E-state index is 13.2. The smallest absolute Gasteiger partial charge is 0.242 e. The zero-order valence-electron chi connectivity index (χ0n) is 16.9. The fourth-order valence-electron chi connectivity index (χ4n) is 3.03. The number of rotatable bonds is 9. The largest absolute Gasteiger partial charge is 0.355 e. The van der Waals surface area contributed by atoms with Crippen LogP contribution in [0.4, 0.5) is 4.39 Å². The monoisotopic (exact) mass is 384 g/mol. The van der Waals surface area contributed by atoms with Crippen LogP contribution >= 0.6 is 0 Å². The summed E-state index contributed by atoms with van der Waals surface area (Å²) in [6.45, 7) is 6.45. The molecule has 1 N–H and O–H groups in total. The number of likely N-dealkylation sites (N-methyl/N-ethyl adjacent to an activating group) is 1. The summed E-state index contributed by atoms with van der Waals surface area (Å²) in [5, 5.41) is 2.77. The third-order valence-corrected chi connectivity index (χ3v) is 4.84. The van der Waals surface area contributed by atoms with E-state index in [1.165, 1.54) is 17.7 Å². The molecule has 150 valence electrons. The molecule has 0 radical (unpaired) electrons. The second-order valence-corrected chi connectivity index (χ2v) is 6.89. The summed E-state index contributed by atoms with van der Waals surface area (Å²) in [5.41, 5.74) is 3.15. The van der Waals surface area contributed by atoms with Gasteiger partial charge < -0.3 is 10.2 Å². The molecule has 28 heavy (non-hydrogen) atoms. The maximum Gasteiger partial charge on any atom is 0.242 e. The van der Waals surface area contributed by atoms with Crippen LogP contribution in [0.1, 0.15) is 43.9 Å². The zero-order chi connectivity index (χ0) is 20.5. The van der Waals surface area contributed by atoms with Crippen molar-refractivity contribution in [3.05, 3.63) is 71.0 Å². The first-order valence-corrected chi connectivity index (χ1v) is 9.84. The first-order chi connectivity index (χ1) is 13.4. The average Bonchev–Trinajstić information content (AvgIpc) is 2.71. The SMILES string of the molecule is CCNC(=O)[C@@H](C)N(Cc1ccc(F)cc1)C(=O)CCc1ccc(CC)cc1. The minimum Gasteiger partial charge on any atom is -0.355 e. The molecule has 0 spiro atoms. The van der Waals surface area contributed by atoms with Gasteiger partial charge in [0.05, 0.1) is 0 Å². The van der Waals surface area contributed by atoms with Crippen molar-refractivity contribution in [1.29, 1.82) is 0 Å². The van der Waals surface area contributed by atoms with Gasteiger partial charge in [-0.3, -0.25) is 9.59 Å². The Hall–Kier alpha value is -2.69. The number of carbonyl (C=O) groups is 2. The van der Waals surface area contributed by atoms with E-state index < -0.39 is 6.04 Å². The third-order valence-electron chi connectivity index (χ3n) is 4.84. The highest BCUT2D eigenvalue weighted by Gasteiger charge is 2.25. The Morgan fingerprint density at radius 1 is 0.964 bits per heavy atom. The number of hydrogen-bond acceptors (Lipinski definition) is 2. The molecule has 0 bridgehead atoms. The summed E-state index contributed by atoms with van der Waals surface area (Å²) in [6.07, 6.45) is 1.91. The van der Waals surface area contributed by atoms with Gasteiger partial charge in [-0.25, -0.2) is 4.39 Å². The molecule has 2 amide bonds. The van der Waals surface area contributed by atoms with Gasteiger partial charge in [0.15, 0.2) is 0 Å². The van der Waals surface area contributed by atoms with Crippen molar-refractivity contribution in [3.8, 4) is 0 Å². The molecule has 5 heteroatoms. The standard InChI is InChI=1S/C23H29FN2O2/c1-4-18-6-8-19(9-7-18)12-15-22(27)26(17(3)23(28)25-5-2)16-20-10-13-21(24)14-11-20/h6-11,13-14,17H,4-5,12,15-16H2,1-3H3,(H,25,28)/t17-/m1/s1. The quantitative estimate of drug-likeness (QED) is 0.713. The van der Waals surface area contributed by atoms with Gasteiger partial charge in [-0.2, -0.15) is 0 Å². The Balaban J connectivity index is 2.10. The van der Waals surface area contributed by atoms with E-state index in [2.05, 4.69) is 24.4 Å². The Labute approximate surface area is 166 Å². The fraction of sp³-hybridized carbons (Fsp3) is 0.391. The molecule has 0 aliphatic rings. The molecule has 2 rings (SSSR count). The van der Waals surface area contributed by atoms with Crippen LogP contribution in [0.2, 0.25) is 0 Å². The van der Waals surface area contributed by atoms with Crippen LogP contribution < -0.4 is 5.32 Å². The lowest BCUT2D eigenvalue weighted by molar-refractivity contribution is -0.140. The number of nitrogens with zero attached hydrogens (tertiary/aromatic N) is 1. The van der Waals surface area contributed by atoms with Gasteiger partial charge in [0, 0.05) is 19.5 Å². The van der Waals surface area contributed by atoms with Crippen LogP contribution in [0.3, 0.4) is 0 Å². The zero-order valence-corrected chi connectivity index (χ0v) is 16.9. The Kier molecular flexibility index (Phi) is 8.18. The minimum absolute atomic E-state index is 0.0948. The first-order valence-electron chi connectivity index (χ1n) is 9.84. The van der Waals surface area contributed by atoms with Crippen LogP contribution in [0, 0.1) is 5.82 Å². The molecule has 0 aromatic heterocycles. The van der Waals surface area contributed by atoms with Crippen LogP contribution in [0.15, 0.2) is 48.5 Å². The van der Waals surface area contributed by atoms with Crippen LogP contribution in [-0.4, -0.2) is 29.3 Å². The van der Waals surface area contributed by atoms with Gasteiger partial charge in [0.25, 0.3) is 0 Å². The summed E-state index contributed by atoms with van der Waals surface area (Å²) in [4.78, 5) is 26.8. The number of benzene rings is 2. The van der Waals surface area contributed by atoms with Crippen LogP contribution in [0.25, 0.3) is 0 Å². The Morgan fingerprint density at radius 3 is 2.11 bits per heavy atom. The molecule has 2 aromatic carbocycles. The van der Waals surface area contributed by atoms with Crippen molar-refractivity contribution in [3.63, 3.8) is 0 Å². The Bertz CT molecular complexity index is 772. The second kappa shape index (κ2) is 10.6. The van der Waals surface area contributed by atoms with Gasteiger partial charge in [0.2, 0.25) is 11.8 Å². The number of aryl methyl sites for hydroxylation is 2. The van der Waals surface area contributed by atoms with E-state index in [0.717, 1.165) is 17.5 Å².